The maximum Gasteiger partial charge on any atom is 0.301 e. The molecular weight excluding hydrogens is 529 g/mol. The number of hydrogen-bond donors (Lipinski definition) is 2. The lowest BCUT2D eigenvalue weighted by molar-refractivity contribution is -0.152. The number of carbonyl (C=O) groups is 3. The number of rotatable bonds is 12. The van der Waals surface area contributed by atoms with Crippen molar-refractivity contribution < 1.29 is 27.6 Å². The lowest BCUT2D eigenvalue weighted by Gasteiger charge is -2.31. The van der Waals surface area contributed by atoms with E-state index in [1.54, 1.807) is 48.5 Å². The lowest BCUT2D eigenvalue weighted by atomic mass is 9.88. The molecule has 0 fully saturated rings. The number of carbonyl (C=O) groups excluding carboxylic acids is 3. The first-order valence-electron chi connectivity index (χ1n) is 12.5. The molecule has 0 heterocycles. The highest BCUT2D eigenvalue weighted by Gasteiger charge is 2.48. The van der Waals surface area contributed by atoms with Gasteiger partial charge in [0.25, 0.3) is 5.78 Å². The summed E-state index contributed by atoms with van der Waals surface area (Å²) in [6, 6.07) is 23.6. The van der Waals surface area contributed by atoms with Gasteiger partial charge in [-0.05, 0) is 28.8 Å². The largest absolute Gasteiger partial charge is 0.344 e. The van der Waals surface area contributed by atoms with Gasteiger partial charge in [-0.3, -0.25) is 14.4 Å². The number of hydrogen-bond acceptors (Lipinski definition) is 3. The molecule has 5 nitrogen and oxygen atoms in total. The summed E-state index contributed by atoms with van der Waals surface area (Å²) in [5.41, 5.74) is 2.25. The standard InChI is InChI=1S/C30H30ClF3N2O3/c1-19(2)30(34,27(38)28(32)33)36-29(39)25(16-20-10-5-3-6-11-20)35-26(37)18-24(21-12-7-4-8-13-21)22-14-9-15-23(31)17-22/h3-15,17,19,24-25,28H,16,18H2,1-2H3,(H,35,37)(H,36,39)/t24?,25-,30+/m0/s1. The average molecular weight is 559 g/mol. The molecular formula is C30H30ClF3N2O3. The molecule has 0 aliphatic rings. The molecule has 2 N–H and O–H groups in total. The number of amides is 2. The van der Waals surface area contributed by atoms with Gasteiger partial charge in [0, 0.05) is 29.7 Å². The smallest absolute Gasteiger partial charge is 0.301 e. The first kappa shape index (κ1) is 29.9. The molecule has 2 amide bonds. The third-order valence-electron chi connectivity index (χ3n) is 6.43. The Bertz CT molecular complexity index is 1270. The van der Waals surface area contributed by atoms with Gasteiger partial charge < -0.3 is 10.6 Å². The predicted molar refractivity (Wildman–Crippen MR) is 144 cm³/mol. The molecule has 0 aliphatic carbocycles. The van der Waals surface area contributed by atoms with Crippen molar-refractivity contribution in [2.75, 3.05) is 0 Å². The van der Waals surface area contributed by atoms with Crippen molar-refractivity contribution >= 4 is 29.2 Å². The Labute approximate surface area is 230 Å². The summed E-state index contributed by atoms with van der Waals surface area (Å²) in [5, 5.41) is 4.98. The molecule has 0 saturated carbocycles. The minimum atomic E-state index is -3.62. The van der Waals surface area contributed by atoms with Crippen LogP contribution in [0.2, 0.25) is 5.02 Å². The van der Waals surface area contributed by atoms with Crippen molar-refractivity contribution in [3.8, 4) is 0 Å². The molecule has 0 aliphatic heterocycles. The van der Waals surface area contributed by atoms with E-state index in [1.165, 1.54) is 13.8 Å². The van der Waals surface area contributed by atoms with Crippen LogP contribution >= 0.6 is 11.6 Å². The lowest BCUT2D eigenvalue weighted by Crippen LogP contribution is -2.61. The van der Waals surface area contributed by atoms with Gasteiger partial charge in [-0.25, -0.2) is 13.2 Å². The number of ketones is 1. The van der Waals surface area contributed by atoms with Crippen molar-refractivity contribution in [2.45, 2.75) is 50.9 Å². The third kappa shape index (κ3) is 7.93. The van der Waals surface area contributed by atoms with Crippen molar-refractivity contribution in [1.29, 1.82) is 0 Å². The molecule has 206 valence electrons. The van der Waals surface area contributed by atoms with Gasteiger partial charge in [0.1, 0.15) is 6.04 Å². The molecule has 0 bridgehead atoms. The number of Topliss-reactive ketones (excluding diaryl/α,β-unsaturated/α-hetero) is 1. The Hall–Kier alpha value is -3.65. The first-order chi connectivity index (χ1) is 18.5. The number of halogens is 4. The minimum absolute atomic E-state index is 0.0529. The zero-order valence-corrected chi connectivity index (χ0v) is 22.3. The minimum Gasteiger partial charge on any atom is -0.344 e. The number of benzene rings is 3. The maximum atomic E-state index is 15.4. The van der Waals surface area contributed by atoms with Gasteiger partial charge in [0.2, 0.25) is 17.6 Å². The van der Waals surface area contributed by atoms with E-state index in [0.717, 1.165) is 11.1 Å². The highest BCUT2D eigenvalue weighted by molar-refractivity contribution is 6.30. The SMILES string of the molecule is CC(C)[C@@](F)(NC(=O)[C@H](Cc1ccccc1)NC(=O)CC(c1ccccc1)c1cccc(Cl)c1)C(=O)C(F)F. The molecule has 9 heteroatoms. The quantitative estimate of drug-likeness (QED) is 0.273. The summed E-state index contributed by atoms with van der Waals surface area (Å²) in [5.74, 6) is -8.66. The van der Waals surface area contributed by atoms with Gasteiger partial charge >= 0.3 is 6.43 Å². The highest BCUT2D eigenvalue weighted by atomic mass is 35.5. The first-order valence-corrected chi connectivity index (χ1v) is 12.9. The topological polar surface area (TPSA) is 75.3 Å². The molecule has 1 unspecified atom stereocenters. The fourth-order valence-electron chi connectivity index (χ4n) is 4.25. The van der Waals surface area contributed by atoms with E-state index in [9.17, 15) is 23.2 Å². The second kappa shape index (κ2) is 13.4. The highest BCUT2D eigenvalue weighted by Crippen LogP contribution is 2.30. The molecule has 0 radical (unpaired) electrons. The van der Waals surface area contributed by atoms with Crippen LogP contribution in [0.5, 0.6) is 0 Å². The van der Waals surface area contributed by atoms with E-state index in [0.29, 0.717) is 10.6 Å². The second-order valence-corrected chi connectivity index (χ2v) is 9.99. The van der Waals surface area contributed by atoms with Crippen LogP contribution in [0.15, 0.2) is 84.9 Å². The fraction of sp³-hybridized carbons (Fsp3) is 0.300. The number of alkyl halides is 3. The van der Waals surface area contributed by atoms with Crippen LogP contribution in [0.4, 0.5) is 13.2 Å². The van der Waals surface area contributed by atoms with Gasteiger partial charge in [-0.15, -0.1) is 0 Å². The van der Waals surface area contributed by atoms with E-state index in [1.807, 2.05) is 41.7 Å². The Morgan fingerprint density at radius 3 is 2.03 bits per heavy atom. The van der Waals surface area contributed by atoms with Crippen LogP contribution in [0.25, 0.3) is 0 Å². The van der Waals surface area contributed by atoms with E-state index in [-0.39, 0.29) is 12.8 Å². The Kier molecular flexibility index (Phi) is 10.3. The van der Waals surface area contributed by atoms with Crippen LogP contribution in [-0.2, 0) is 20.8 Å². The van der Waals surface area contributed by atoms with Gasteiger partial charge in [0.15, 0.2) is 0 Å². The monoisotopic (exact) mass is 558 g/mol. The van der Waals surface area contributed by atoms with E-state index >= 15 is 4.39 Å². The van der Waals surface area contributed by atoms with Gasteiger partial charge in [-0.2, -0.15) is 0 Å². The summed E-state index contributed by atoms with van der Waals surface area (Å²) in [6.07, 6.45) is -3.75. The fourth-order valence-corrected chi connectivity index (χ4v) is 4.45. The number of nitrogens with one attached hydrogen (secondary N) is 2. The third-order valence-corrected chi connectivity index (χ3v) is 6.67. The van der Waals surface area contributed by atoms with Crippen molar-refractivity contribution in [2.24, 2.45) is 5.92 Å². The van der Waals surface area contributed by atoms with E-state index in [4.69, 9.17) is 11.6 Å². The normalized spacial score (nSPS) is 14.4. The van der Waals surface area contributed by atoms with Crippen LogP contribution < -0.4 is 10.6 Å². The molecule has 3 aromatic carbocycles. The average Bonchev–Trinajstić information content (AvgIpc) is 2.91. The summed E-state index contributed by atoms with van der Waals surface area (Å²) in [4.78, 5) is 38.5. The molecule has 0 aromatic heterocycles. The van der Waals surface area contributed by atoms with Crippen LogP contribution in [0, 0.1) is 5.92 Å². The Balaban J connectivity index is 1.88. The molecule has 0 saturated heterocycles. The zero-order chi connectivity index (χ0) is 28.6. The van der Waals surface area contributed by atoms with Gasteiger partial charge in [0.05, 0.1) is 0 Å². The molecule has 3 aromatic rings. The predicted octanol–water partition coefficient (Wildman–Crippen LogP) is 5.86. The van der Waals surface area contributed by atoms with E-state index in [2.05, 4.69) is 5.32 Å². The summed E-state index contributed by atoms with van der Waals surface area (Å²) in [7, 11) is 0. The van der Waals surface area contributed by atoms with E-state index < -0.39 is 47.7 Å². The Morgan fingerprint density at radius 2 is 1.46 bits per heavy atom. The van der Waals surface area contributed by atoms with Gasteiger partial charge in [-0.1, -0.05) is 98.2 Å². The van der Waals surface area contributed by atoms with Crippen molar-refractivity contribution in [3.63, 3.8) is 0 Å². The summed E-state index contributed by atoms with van der Waals surface area (Å²) < 4.78 is 41.8. The van der Waals surface area contributed by atoms with Crippen molar-refractivity contribution in [3.05, 3.63) is 107 Å². The van der Waals surface area contributed by atoms with Crippen LogP contribution in [-0.4, -0.2) is 35.9 Å². The van der Waals surface area contributed by atoms with Crippen LogP contribution in [0.1, 0.15) is 42.9 Å². The Morgan fingerprint density at radius 1 is 0.872 bits per heavy atom. The maximum absolute atomic E-state index is 15.4. The molecule has 3 rings (SSSR count). The zero-order valence-electron chi connectivity index (χ0n) is 21.5. The summed E-state index contributed by atoms with van der Waals surface area (Å²) in [6.45, 7) is 2.42. The van der Waals surface area contributed by atoms with Crippen LogP contribution in [0.3, 0.4) is 0 Å². The summed E-state index contributed by atoms with van der Waals surface area (Å²) >= 11 is 6.19. The molecule has 39 heavy (non-hydrogen) atoms. The molecule has 3 atom stereocenters. The second-order valence-electron chi connectivity index (χ2n) is 9.55. The molecule has 0 spiro atoms. The van der Waals surface area contributed by atoms with Crippen molar-refractivity contribution in [1.82, 2.24) is 10.6 Å².